The molecular formula is C7H12Li. The minimum atomic E-state index is 0. The molecule has 2 saturated carbocycles. The summed E-state index contributed by atoms with van der Waals surface area (Å²) in [6.45, 7) is 0. The van der Waals surface area contributed by atoms with Crippen molar-refractivity contribution in [2.45, 2.75) is 32.1 Å². The first-order valence-corrected chi connectivity index (χ1v) is 3.45. The summed E-state index contributed by atoms with van der Waals surface area (Å²) in [7, 11) is 0. The van der Waals surface area contributed by atoms with Gasteiger partial charge in [0.25, 0.3) is 0 Å². The van der Waals surface area contributed by atoms with Crippen LogP contribution in [0.3, 0.4) is 0 Å². The summed E-state index contributed by atoms with van der Waals surface area (Å²) < 4.78 is 0. The SMILES string of the molecule is C1CC2CCC1C2.[Li]. The second-order valence-electron chi connectivity index (χ2n) is 3.12. The van der Waals surface area contributed by atoms with Gasteiger partial charge in [-0.15, -0.1) is 0 Å². The van der Waals surface area contributed by atoms with Crippen molar-refractivity contribution in [3.8, 4) is 0 Å². The molecular weight excluding hydrogens is 91.0 g/mol. The molecule has 1 heteroatoms. The second kappa shape index (κ2) is 2.46. The van der Waals surface area contributed by atoms with E-state index in [9.17, 15) is 0 Å². The van der Waals surface area contributed by atoms with Crippen molar-refractivity contribution < 1.29 is 0 Å². The number of hydrogen-bond acceptors (Lipinski definition) is 0. The van der Waals surface area contributed by atoms with Crippen LogP contribution in [0.25, 0.3) is 0 Å². The average Bonchev–Trinajstić information content (AvgIpc) is 2.22. The van der Waals surface area contributed by atoms with Gasteiger partial charge in [0.05, 0.1) is 0 Å². The van der Waals surface area contributed by atoms with Gasteiger partial charge in [0, 0.05) is 18.9 Å². The first-order chi connectivity index (χ1) is 3.45. The standard InChI is InChI=1S/C7H12.Li/c1-2-7-4-3-6(1)5-7;/h6-7H,1-5H2;. The van der Waals surface area contributed by atoms with Gasteiger partial charge in [0.15, 0.2) is 0 Å². The van der Waals surface area contributed by atoms with E-state index in [1.54, 1.807) is 32.1 Å². The summed E-state index contributed by atoms with van der Waals surface area (Å²) in [5, 5.41) is 0. The van der Waals surface area contributed by atoms with Crippen molar-refractivity contribution in [3.05, 3.63) is 0 Å². The summed E-state index contributed by atoms with van der Waals surface area (Å²) >= 11 is 0. The molecule has 2 aliphatic carbocycles. The molecule has 41 valence electrons. The molecule has 0 aromatic carbocycles. The first kappa shape index (κ1) is 6.71. The van der Waals surface area contributed by atoms with Gasteiger partial charge in [0.1, 0.15) is 0 Å². The third kappa shape index (κ3) is 0.970. The van der Waals surface area contributed by atoms with Gasteiger partial charge >= 0.3 is 0 Å². The van der Waals surface area contributed by atoms with Gasteiger partial charge in [-0.25, -0.2) is 0 Å². The van der Waals surface area contributed by atoms with Crippen LogP contribution in [0.5, 0.6) is 0 Å². The first-order valence-electron chi connectivity index (χ1n) is 3.45. The fourth-order valence-corrected chi connectivity index (χ4v) is 2.17. The van der Waals surface area contributed by atoms with Crippen LogP contribution in [-0.4, -0.2) is 18.9 Å². The molecule has 2 bridgehead atoms. The Kier molecular flexibility index (Phi) is 2.06. The quantitative estimate of drug-likeness (QED) is 0.410. The Morgan fingerprint density at radius 1 is 0.750 bits per heavy atom. The van der Waals surface area contributed by atoms with Gasteiger partial charge in [-0.1, -0.05) is 25.7 Å². The van der Waals surface area contributed by atoms with Gasteiger partial charge in [-0.2, -0.15) is 0 Å². The van der Waals surface area contributed by atoms with Crippen LogP contribution < -0.4 is 0 Å². The molecule has 2 rings (SSSR count). The zero-order valence-corrected chi connectivity index (χ0v) is 5.69. The van der Waals surface area contributed by atoms with E-state index < -0.39 is 0 Å². The molecule has 0 aromatic rings. The molecule has 0 unspecified atom stereocenters. The molecule has 0 spiro atoms. The van der Waals surface area contributed by atoms with E-state index in [0.29, 0.717) is 0 Å². The zero-order valence-electron chi connectivity index (χ0n) is 5.69. The van der Waals surface area contributed by atoms with Crippen molar-refractivity contribution in [1.29, 1.82) is 0 Å². The maximum Gasteiger partial charge on any atom is 0 e. The third-order valence-electron chi connectivity index (χ3n) is 2.63. The van der Waals surface area contributed by atoms with Gasteiger partial charge in [0.2, 0.25) is 0 Å². The van der Waals surface area contributed by atoms with Crippen molar-refractivity contribution in [2.75, 3.05) is 0 Å². The Morgan fingerprint density at radius 2 is 1.12 bits per heavy atom. The molecule has 2 fully saturated rings. The van der Waals surface area contributed by atoms with Crippen LogP contribution in [0, 0.1) is 11.8 Å². The summed E-state index contributed by atoms with van der Waals surface area (Å²) in [6, 6.07) is 0. The minimum absolute atomic E-state index is 0. The fourth-order valence-electron chi connectivity index (χ4n) is 2.17. The van der Waals surface area contributed by atoms with E-state index in [0.717, 1.165) is 0 Å². The predicted octanol–water partition coefficient (Wildman–Crippen LogP) is 1.82. The molecule has 2 aliphatic rings. The maximum atomic E-state index is 1.58. The topological polar surface area (TPSA) is 0 Å². The Balaban J connectivity index is 0.000000320. The van der Waals surface area contributed by atoms with Crippen LogP contribution >= 0.6 is 0 Å². The van der Waals surface area contributed by atoms with Gasteiger partial charge in [-0.05, 0) is 18.3 Å². The molecule has 0 heterocycles. The Labute approximate surface area is 63.2 Å². The molecule has 0 nitrogen and oxygen atoms in total. The van der Waals surface area contributed by atoms with E-state index in [1.165, 1.54) is 11.8 Å². The van der Waals surface area contributed by atoms with E-state index in [-0.39, 0.29) is 18.9 Å². The van der Waals surface area contributed by atoms with Crippen molar-refractivity contribution >= 4 is 18.9 Å². The molecule has 0 aromatic heterocycles. The molecule has 0 saturated heterocycles. The summed E-state index contributed by atoms with van der Waals surface area (Å²) in [5.41, 5.74) is 0. The average molecular weight is 103 g/mol. The fraction of sp³-hybridized carbons (Fsp3) is 1.00. The van der Waals surface area contributed by atoms with Crippen LogP contribution in [-0.2, 0) is 0 Å². The van der Waals surface area contributed by atoms with Crippen LogP contribution in [0.4, 0.5) is 0 Å². The van der Waals surface area contributed by atoms with Gasteiger partial charge in [-0.3, -0.25) is 0 Å². The molecule has 0 N–H and O–H groups in total. The van der Waals surface area contributed by atoms with E-state index in [1.807, 2.05) is 0 Å². The van der Waals surface area contributed by atoms with Crippen molar-refractivity contribution in [3.63, 3.8) is 0 Å². The number of hydrogen-bond donors (Lipinski definition) is 0. The van der Waals surface area contributed by atoms with E-state index in [4.69, 9.17) is 0 Å². The molecule has 8 heavy (non-hydrogen) atoms. The maximum absolute atomic E-state index is 1.58. The van der Waals surface area contributed by atoms with Crippen molar-refractivity contribution in [2.24, 2.45) is 11.8 Å². The Morgan fingerprint density at radius 3 is 1.25 bits per heavy atom. The predicted molar refractivity (Wildman–Crippen MR) is 35.8 cm³/mol. The Bertz CT molecular complexity index is 62.5. The minimum Gasteiger partial charge on any atom is -0.0502 e. The summed E-state index contributed by atoms with van der Waals surface area (Å²) in [5.74, 6) is 2.34. The second-order valence-corrected chi connectivity index (χ2v) is 3.12. The van der Waals surface area contributed by atoms with Crippen LogP contribution in [0.2, 0.25) is 0 Å². The van der Waals surface area contributed by atoms with Gasteiger partial charge < -0.3 is 0 Å². The third-order valence-corrected chi connectivity index (χ3v) is 2.63. The normalized spacial score (nSPS) is 42.0. The largest absolute Gasteiger partial charge is 0.0502 e. The zero-order chi connectivity index (χ0) is 4.69. The summed E-state index contributed by atoms with van der Waals surface area (Å²) in [4.78, 5) is 0. The van der Waals surface area contributed by atoms with E-state index in [2.05, 4.69) is 0 Å². The van der Waals surface area contributed by atoms with E-state index >= 15 is 0 Å². The Hall–Kier alpha value is 0.597. The monoisotopic (exact) mass is 103 g/mol. The van der Waals surface area contributed by atoms with Crippen molar-refractivity contribution in [1.82, 2.24) is 0 Å². The number of rotatable bonds is 0. The van der Waals surface area contributed by atoms with Crippen LogP contribution in [0.15, 0.2) is 0 Å². The molecule has 0 amide bonds. The molecule has 0 aliphatic heterocycles. The molecule has 0 atom stereocenters. The molecule has 1 radical (unpaired) electrons. The number of fused-ring (bicyclic) bond motifs is 2. The summed E-state index contributed by atoms with van der Waals surface area (Å²) in [6.07, 6.45) is 7.82. The smallest absolute Gasteiger partial charge is 0 e. The van der Waals surface area contributed by atoms with Crippen LogP contribution in [0.1, 0.15) is 32.1 Å².